The predicted molar refractivity (Wildman–Crippen MR) is 75.6 cm³/mol. The van der Waals surface area contributed by atoms with Gasteiger partial charge in [0.15, 0.2) is 0 Å². The van der Waals surface area contributed by atoms with Gasteiger partial charge in [-0.2, -0.15) is 0 Å². The van der Waals surface area contributed by atoms with E-state index in [1.54, 1.807) is 0 Å². The molecule has 1 aliphatic heterocycles. The Balaban J connectivity index is 1.50. The summed E-state index contributed by atoms with van der Waals surface area (Å²) in [4.78, 5) is 2.34. The van der Waals surface area contributed by atoms with Crippen molar-refractivity contribution >= 4 is 0 Å². The number of ether oxygens (including phenoxy) is 1. The van der Waals surface area contributed by atoms with Gasteiger partial charge in [-0.3, -0.25) is 4.90 Å². The van der Waals surface area contributed by atoms with Crippen LogP contribution in [-0.4, -0.2) is 42.4 Å². The molecule has 1 aliphatic carbocycles. The molecule has 1 aromatic rings. The Morgan fingerprint density at radius 2 is 2.11 bits per heavy atom. The maximum atomic E-state index is 9.28. The molecule has 2 aliphatic rings. The molecule has 104 valence electrons. The van der Waals surface area contributed by atoms with Crippen LogP contribution in [0.5, 0.6) is 5.75 Å². The van der Waals surface area contributed by atoms with Crippen LogP contribution < -0.4 is 4.74 Å². The van der Waals surface area contributed by atoms with Gasteiger partial charge >= 0.3 is 0 Å². The van der Waals surface area contributed by atoms with Crippen molar-refractivity contribution in [2.24, 2.45) is 0 Å². The number of fused-ring (bicyclic) bond motifs is 1. The van der Waals surface area contributed by atoms with Crippen molar-refractivity contribution in [1.29, 1.82) is 0 Å². The van der Waals surface area contributed by atoms with Crippen molar-refractivity contribution in [3.8, 4) is 5.75 Å². The van der Waals surface area contributed by atoms with Gasteiger partial charge in [-0.25, -0.2) is 0 Å². The lowest BCUT2D eigenvalue weighted by Gasteiger charge is -2.22. The maximum absolute atomic E-state index is 9.28. The molecule has 0 saturated carbocycles. The smallest absolute Gasteiger partial charge is 0.119 e. The van der Waals surface area contributed by atoms with Crippen LogP contribution in [0.2, 0.25) is 0 Å². The fourth-order valence-corrected chi connectivity index (χ4v) is 3.32. The molecule has 1 heterocycles. The van der Waals surface area contributed by atoms with E-state index in [1.165, 1.54) is 36.8 Å². The Bertz CT molecular complexity index is 433. The van der Waals surface area contributed by atoms with Gasteiger partial charge in [0.25, 0.3) is 0 Å². The van der Waals surface area contributed by atoms with E-state index in [1.807, 2.05) is 0 Å². The predicted octanol–water partition coefficient (Wildman–Crippen LogP) is 2.01. The van der Waals surface area contributed by atoms with E-state index in [-0.39, 0.29) is 6.61 Å². The highest BCUT2D eigenvalue weighted by atomic mass is 16.5. The second kappa shape index (κ2) is 5.93. The summed E-state index contributed by atoms with van der Waals surface area (Å²) in [7, 11) is 0. The van der Waals surface area contributed by atoms with Crippen LogP contribution in [0.3, 0.4) is 0 Å². The summed E-state index contributed by atoms with van der Waals surface area (Å²) in [6.45, 7) is 3.01. The average Bonchev–Trinajstić information content (AvgIpc) is 3.06. The van der Waals surface area contributed by atoms with Crippen LogP contribution in [0, 0.1) is 0 Å². The third kappa shape index (κ3) is 2.93. The summed E-state index contributed by atoms with van der Waals surface area (Å²) in [6.07, 6.45) is 6.02. The largest absolute Gasteiger partial charge is 0.492 e. The highest BCUT2D eigenvalue weighted by molar-refractivity contribution is 5.38. The van der Waals surface area contributed by atoms with Crippen molar-refractivity contribution < 1.29 is 9.84 Å². The van der Waals surface area contributed by atoms with Crippen LogP contribution in [0.1, 0.15) is 30.4 Å². The molecular weight excluding hydrogens is 238 g/mol. The molecule has 1 aromatic carbocycles. The zero-order valence-corrected chi connectivity index (χ0v) is 11.5. The Morgan fingerprint density at radius 1 is 1.21 bits per heavy atom. The molecule has 19 heavy (non-hydrogen) atoms. The van der Waals surface area contributed by atoms with Crippen molar-refractivity contribution in [2.75, 3.05) is 26.3 Å². The van der Waals surface area contributed by atoms with Gasteiger partial charge in [0.05, 0.1) is 6.61 Å². The van der Waals surface area contributed by atoms with E-state index >= 15 is 0 Å². The third-order valence-electron chi connectivity index (χ3n) is 4.43. The number of aliphatic hydroxyl groups excluding tert-OH is 1. The molecule has 1 fully saturated rings. The highest BCUT2D eigenvalue weighted by Gasteiger charge is 2.23. The Labute approximate surface area is 115 Å². The SMILES string of the molecule is OCC1CCCN1CCOc1ccc2c(c1)CCC2. The number of nitrogens with zero attached hydrogens (tertiary/aromatic N) is 1. The number of aliphatic hydroxyl groups is 1. The van der Waals surface area contributed by atoms with Gasteiger partial charge in [0.1, 0.15) is 12.4 Å². The molecule has 3 heteroatoms. The zero-order chi connectivity index (χ0) is 13.1. The van der Waals surface area contributed by atoms with E-state index in [9.17, 15) is 5.11 Å². The molecule has 1 unspecified atom stereocenters. The lowest BCUT2D eigenvalue weighted by atomic mass is 10.1. The summed E-state index contributed by atoms with van der Waals surface area (Å²) in [5, 5.41) is 9.28. The second-order valence-electron chi connectivity index (χ2n) is 5.65. The van der Waals surface area contributed by atoms with Crippen molar-refractivity contribution in [1.82, 2.24) is 4.90 Å². The van der Waals surface area contributed by atoms with Gasteiger partial charge in [-0.15, -0.1) is 0 Å². The molecule has 1 saturated heterocycles. The Hall–Kier alpha value is -1.06. The molecule has 3 rings (SSSR count). The summed E-state index contributed by atoms with van der Waals surface area (Å²) in [5.41, 5.74) is 2.96. The monoisotopic (exact) mass is 261 g/mol. The van der Waals surface area contributed by atoms with Crippen molar-refractivity contribution in [3.63, 3.8) is 0 Å². The van der Waals surface area contributed by atoms with Crippen LogP contribution >= 0.6 is 0 Å². The zero-order valence-electron chi connectivity index (χ0n) is 11.5. The summed E-state index contributed by atoms with van der Waals surface area (Å²) in [5.74, 6) is 1.00. The number of hydrogen-bond acceptors (Lipinski definition) is 3. The van der Waals surface area contributed by atoms with Crippen LogP contribution in [0.25, 0.3) is 0 Å². The number of likely N-dealkylation sites (tertiary alicyclic amines) is 1. The van der Waals surface area contributed by atoms with Crippen LogP contribution in [0.4, 0.5) is 0 Å². The van der Waals surface area contributed by atoms with E-state index in [2.05, 4.69) is 23.1 Å². The molecular formula is C16H23NO2. The maximum Gasteiger partial charge on any atom is 0.119 e. The minimum Gasteiger partial charge on any atom is -0.492 e. The lowest BCUT2D eigenvalue weighted by molar-refractivity contribution is 0.139. The topological polar surface area (TPSA) is 32.7 Å². The van der Waals surface area contributed by atoms with Crippen molar-refractivity contribution in [2.45, 2.75) is 38.1 Å². The van der Waals surface area contributed by atoms with Gasteiger partial charge in [-0.1, -0.05) is 6.07 Å². The average molecular weight is 261 g/mol. The molecule has 0 spiro atoms. The van der Waals surface area contributed by atoms with Gasteiger partial charge in [-0.05, 0) is 61.9 Å². The molecule has 0 amide bonds. The van der Waals surface area contributed by atoms with E-state index in [4.69, 9.17) is 4.74 Å². The Kier molecular flexibility index (Phi) is 4.04. The minimum atomic E-state index is 0.277. The molecule has 0 aromatic heterocycles. The number of benzene rings is 1. The quantitative estimate of drug-likeness (QED) is 0.880. The number of aryl methyl sites for hydroxylation is 2. The number of hydrogen-bond donors (Lipinski definition) is 1. The normalized spacial score (nSPS) is 22.7. The van der Waals surface area contributed by atoms with Gasteiger partial charge in [0.2, 0.25) is 0 Å². The first-order valence-corrected chi connectivity index (χ1v) is 7.46. The summed E-state index contributed by atoms with van der Waals surface area (Å²) in [6, 6.07) is 6.86. The first-order valence-electron chi connectivity index (χ1n) is 7.46. The number of rotatable bonds is 5. The fraction of sp³-hybridized carbons (Fsp3) is 0.625. The third-order valence-corrected chi connectivity index (χ3v) is 4.43. The molecule has 1 N–H and O–H groups in total. The minimum absolute atomic E-state index is 0.277. The van der Waals surface area contributed by atoms with Gasteiger partial charge < -0.3 is 9.84 Å². The van der Waals surface area contributed by atoms with E-state index < -0.39 is 0 Å². The van der Waals surface area contributed by atoms with Crippen molar-refractivity contribution in [3.05, 3.63) is 29.3 Å². The second-order valence-corrected chi connectivity index (χ2v) is 5.65. The van der Waals surface area contributed by atoms with E-state index in [0.717, 1.165) is 31.9 Å². The lowest BCUT2D eigenvalue weighted by Crippen LogP contribution is -2.35. The molecule has 3 nitrogen and oxygen atoms in total. The summed E-state index contributed by atoms with van der Waals surface area (Å²) >= 11 is 0. The summed E-state index contributed by atoms with van der Waals surface area (Å²) < 4.78 is 5.86. The standard InChI is InChI=1S/C16H23NO2/c18-12-15-5-2-8-17(15)9-10-19-16-7-6-13-3-1-4-14(13)11-16/h6-7,11,15,18H,1-5,8-10,12H2. The first kappa shape index (κ1) is 12.9. The van der Waals surface area contributed by atoms with Crippen LogP contribution in [-0.2, 0) is 12.8 Å². The van der Waals surface area contributed by atoms with Crippen LogP contribution in [0.15, 0.2) is 18.2 Å². The fourth-order valence-electron chi connectivity index (χ4n) is 3.32. The Morgan fingerprint density at radius 3 is 3.00 bits per heavy atom. The first-order chi connectivity index (χ1) is 9.36. The molecule has 0 radical (unpaired) electrons. The highest BCUT2D eigenvalue weighted by Crippen LogP contribution is 2.26. The van der Waals surface area contributed by atoms with Gasteiger partial charge in [0, 0.05) is 12.6 Å². The molecule has 0 bridgehead atoms. The molecule has 1 atom stereocenters. The van der Waals surface area contributed by atoms with E-state index in [0.29, 0.717) is 6.04 Å².